The minimum absolute atomic E-state index is 0.478. The molecule has 0 aliphatic rings. The van der Waals surface area contributed by atoms with Crippen molar-refractivity contribution >= 4 is 10.2 Å². The van der Waals surface area contributed by atoms with Crippen LogP contribution >= 0.6 is 0 Å². The van der Waals surface area contributed by atoms with Gasteiger partial charge in [0.05, 0.1) is 0 Å². The van der Waals surface area contributed by atoms with Crippen LogP contribution in [0.4, 0.5) is 0 Å². The van der Waals surface area contributed by atoms with Crippen LogP contribution in [0.5, 0.6) is 0 Å². The van der Waals surface area contributed by atoms with Crippen molar-refractivity contribution in [3.8, 4) is 0 Å². The van der Waals surface area contributed by atoms with Gasteiger partial charge in [0.25, 0.3) is 10.2 Å². The van der Waals surface area contributed by atoms with Crippen LogP contribution in [0.3, 0.4) is 0 Å². The van der Waals surface area contributed by atoms with Crippen LogP contribution in [0.15, 0.2) is 0 Å². The number of hydrogen-bond acceptors (Lipinski definition) is 2. The number of nitrogens with two attached hydrogens (primary N) is 1. The molecule has 5 heteroatoms. The van der Waals surface area contributed by atoms with E-state index in [9.17, 15) is 8.42 Å². The minimum Gasteiger partial charge on any atom is -0.216 e. The van der Waals surface area contributed by atoms with E-state index < -0.39 is 10.2 Å². The molecular weight excluding hydrogens is 284 g/mol. The summed E-state index contributed by atoms with van der Waals surface area (Å²) in [5.74, 6) is 0.637. The predicted molar refractivity (Wildman–Crippen MR) is 91.4 cm³/mol. The normalized spacial score (nSPS) is 13.5. The first-order valence-electron chi connectivity index (χ1n) is 8.77. The summed E-state index contributed by atoms with van der Waals surface area (Å²) < 4.78 is 24.2. The standard InChI is InChI=1S/C16H36N2O2S/c1-3-5-7-9-11-13-16(12-10-8-6-4-2)14-15-18-21(17,19)20/h16,18H,3-15H2,1-2H3,(H2,17,19,20). The van der Waals surface area contributed by atoms with Gasteiger partial charge in [-0.05, 0) is 12.3 Å². The molecule has 0 amide bonds. The lowest BCUT2D eigenvalue weighted by atomic mass is 9.92. The summed E-state index contributed by atoms with van der Waals surface area (Å²) in [6.45, 7) is 4.93. The lowest BCUT2D eigenvalue weighted by molar-refractivity contribution is 0.382. The molecule has 4 nitrogen and oxygen atoms in total. The molecule has 3 N–H and O–H groups in total. The van der Waals surface area contributed by atoms with E-state index in [1.165, 1.54) is 70.6 Å². The van der Waals surface area contributed by atoms with E-state index >= 15 is 0 Å². The summed E-state index contributed by atoms with van der Waals surface area (Å²) in [5.41, 5.74) is 0. The average Bonchev–Trinajstić information content (AvgIpc) is 2.41. The Morgan fingerprint density at radius 1 is 0.810 bits per heavy atom. The van der Waals surface area contributed by atoms with Gasteiger partial charge in [0.2, 0.25) is 0 Å². The number of unbranched alkanes of at least 4 members (excludes halogenated alkanes) is 7. The largest absolute Gasteiger partial charge is 0.274 e. The second kappa shape index (κ2) is 13.5. The Bertz CT molecular complexity index is 318. The van der Waals surface area contributed by atoms with Crippen molar-refractivity contribution in [2.24, 2.45) is 11.1 Å². The SMILES string of the molecule is CCCCCCCC(CCCCCC)CCNS(N)(=O)=O. The fourth-order valence-corrected chi connectivity index (χ4v) is 3.14. The maximum Gasteiger partial charge on any atom is 0.274 e. The van der Waals surface area contributed by atoms with Crippen LogP contribution in [0.1, 0.15) is 90.9 Å². The Labute approximate surface area is 132 Å². The van der Waals surface area contributed by atoms with Crippen LogP contribution in [-0.2, 0) is 10.2 Å². The van der Waals surface area contributed by atoms with E-state index in [2.05, 4.69) is 18.6 Å². The molecule has 0 aromatic rings. The molecule has 0 aromatic heterocycles. The zero-order valence-corrected chi connectivity index (χ0v) is 14.9. The van der Waals surface area contributed by atoms with Crippen LogP contribution in [0.25, 0.3) is 0 Å². The van der Waals surface area contributed by atoms with Gasteiger partial charge < -0.3 is 0 Å². The maximum atomic E-state index is 10.9. The van der Waals surface area contributed by atoms with Crippen molar-refractivity contribution < 1.29 is 8.42 Å². The van der Waals surface area contributed by atoms with Crippen LogP contribution < -0.4 is 9.86 Å². The van der Waals surface area contributed by atoms with Crippen LogP contribution in [-0.4, -0.2) is 15.0 Å². The monoisotopic (exact) mass is 320 g/mol. The first kappa shape index (κ1) is 20.9. The lowest BCUT2D eigenvalue weighted by Crippen LogP contribution is -2.32. The molecule has 0 rings (SSSR count). The highest BCUT2D eigenvalue weighted by Crippen LogP contribution is 2.21. The van der Waals surface area contributed by atoms with Gasteiger partial charge in [-0.3, -0.25) is 0 Å². The zero-order chi connectivity index (χ0) is 16.0. The smallest absolute Gasteiger partial charge is 0.216 e. The van der Waals surface area contributed by atoms with Crippen molar-refractivity contribution in [1.29, 1.82) is 0 Å². The molecule has 0 radical (unpaired) electrons. The van der Waals surface area contributed by atoms with Crippen molar-refractivity contribution in [2.75, 3.05) is 6.54 Å². The second-order valence-electron chi connectivity index (χ2n) is 6.15. The molecule has 128 valence electrons. The summed E-state index contributed by atoms with van der Waals surface area (Å²) in [6.07, 6.45) is 15.0. The maximum absolute atomic E-state index is 10.9. The Morgan fingerprint density at radius 2 is 1.29 bits per heavy atom. The second-order valence-corrected chi connectivity index (χ2v) is 7.52. The third kappa shape index (κ3) is 16.1. The van der Waals surface area contributed by atoms with Gasteiger partial charge in [-0.25, -0.2) is 9.86 Å². The van der Waals surface area contributed by atoms with Gasteiger partial charge in [-0.2, -0.15) is 8.42 Å². The van der Waals surface area contributed by atoms with Crippen molar-refractivity contribution in [3.63, 3.8) is 0 Å². The summed E-state index contributed by atoms with van der Waals surface area (Å²) in [4.78, 5) is 0. The predicted octanol–water partition coefficient (Wildman–Crippen LogP) is 4.12. The van der Waals surface area contributed by atoms with Gasteiger partial charge in [0, 0.05) is 6.54 Å². The summed E-state index contributed by atoms with van der Waals surface area (Å²) >= 11 is 0. The molecule has 0 saturated heterocycles. The van der Waals surface area contributed by atoms with Gasteiger partial charge >= 0.3 is 0 Å². The zero-order valence-electron chi connectivity index (χ0n) is 14.1. The van der Waals surface area contributed by atoms with Crippen LogP contribution in [0, 0.1) is 5.92 Å². The third-order valence-corrected chi connectivity index (χ3v) is 4.64. The van der Waals surface area contributed by atoms with Gasteiger partial charge in [0.1, 0.15) is 0 Å². The summed E-state index contributed by atoms with van der Waals surface area (Å²) in [5, 5.41) is 4.98. The van der Waals surface area contributed by atoms with E-state index in [0.29, 0.717) is 12.5 Å². The van der Waals surface area contributed by atoms with Gasteiger partial charge in [-0.1, -0.05) is 84.5 Å². The summed E-state index contributed by atoms with van der Waals surface area (Å²) in [6, 6.07) is 0. The van der Waals surface area contributed by atoms with E-state index in [0.717, 1.165) is 6.42 Å². The highest BCUT2D eigenvalue weighted by Gasteiger charge is 2.10. The molecule has 0 heterocycles. The van der Waals surface area contributed by atoms with Crippen molar-refractivity contribution in [3.05, 3.63) is 0 Å². The van der Waals surface area contributed by atoms with E-state index in [1.54, 1.807) is 0 Å². The molecule has 21 heavy (non-hydrogen) atoms. The molecule has 0 aromatic carbocycles. The molecule has 1 unspecified atom stereocenters. The molecule has 0 spiro atoms. The molecular formula is C16H36N2O2S. The fourth-order valence-electron chi connectivity index (χ4n) is 2.73. The quantitative estimate of drug-likeness (QED) is 0.446. The highest BCUT2D eigenvalue weighted by atomic mass is 32.2. The number of hydrogen-bond donors (Lipinski definition) is 2. The Morgan fingerprint density at radius 3 is 1.76 bits per heavy atom. The molecule has 0 aliphatic carbocycles. The molecule has 0 saturated carbocycles. The Balaban J connectivity index is 3.90. The Hall–Kier alpha value is -0.130. The van der Waals surface area contributed by atoms with Gasteiger partial charge in [0.15, 0.2) is 0 Å². The molecule has 1 atom stereocenters. The van der Waals surface area contributed by atoms with Crippen molar-refractivity contribution in [2.45, 2.75) is 90.9 Å². The molecule has 0 fully saturated rings. The first-order chi connectivity index (χ1) is 9.99. The first-order valence-corrected chi connectivity index (χ1v) is 10.3. The fraction of sp³-hybridized carbons (Fsp3) is 1.00. The minimum atomic E-state index is -3.53. The highest BCUT2D eigenvalue weighted by molar-refractivity contribution is 7.87. The average molecular weight is 321 g/mol. The Kier molecular flexibility index (Phi) is 13.4. The molecule has 0 bridgehead atoms. The van der Waals surface area contributed by atoms with Gasteiger partial charge in [-0.15, -0.1) is 0 Å². The lowest BCUT2D eigenvalue weighted by Gasteiger charge is -2.17. The van der Waals surface area contributed by atoms with E-state index in [-0.39, 0.29) is 0 Å². The number of nitrogens with one attached hydrogen (secondary N) is 1. The molecule has 0 aliphatic heterocycles. The van der Waals surface area contributed by atoms with E-state index in [1.807, 2.05) is 0 Å². The number of rotatable bonds is 15. The third-order valence-electron chi connectivity index (χ3n) is 4.04. The van der Waals surface area contributed by atoms with Crippen molar-refractivity contribution in [1.82, 2.24) is 4.72 Å². The van der Waals surface area contributed by atoms with E-state index in [4.69, 9.17) is 5.14 Å². The summed E-state index contributed by atoms with van der Waals surface area (Å²) in [7, 11) is -3.53. The topological polar surface area (TPSA) is 72.2 Å². The van der Waals surface area contributed by atoms with Crippen LogP contribution in [0.2, 0.25) is 0 Å².